The summed E-state index contributed by atoms with van der Waals surface area (Å²) in [5, 5.41) is 2.77. The number of alkyl halides is 3. The quantitative estimate of drug-likeness (QED) is 0.389. The van der Waals surface area contributed by atoms with Crippen molar-refractivity contribution >= 4 is 44.8 Å². The second kappa shape index (κ2) is 11.6. The molecule has 1 saturated heterocycles. The molecule has 0 saturated carbocycles. The first-order valence-corrected chi connectivity index (χ1v) is 13.8. The van der Waals surface area contributed by atoms with E-state index in [0.29, 0.717) is 31.6 Å². The molecule has 2 heterocycles. The number of aromatic nitrogens is 1. The van der Waals surface area contributed by atoms with Crippen molar-refractivity contribution < 1.29 is 35.9 Å². The lowest BCUT2D eigenvalue weighted by atomic mass is 9.94. The fourth-order valence-corrected chi connectivity index (χ4v) is 5.30. The van der Waals surface area contributed by atoms with E-state index in [1.807, 2.05) is 0 Å². The molecule has 0 atom stereocenters. The Labute approximate surface area is 223 Å². The number of nitrogens with one attached hydrogen (secondary N) is 1. The maximum Gasteiger partial charge on any atom is 0.388 e. The van der Waals surface area contributed by atoms with Crippen molar-refractivity contribution in [1.82, 2.24) is 9.29 Å². The van der Waals surface area contributed by atoms with Crippen LogP contribution in [0.5, 0.6) is 17.4 Å². The zero-order valence-corrected chi connectivity index (χ0v) is 22.6. The molecule has 2 aromatic rings. The van der Waals surface area contributed by atoms with Crippen LogP contribution in [0.1, 0.15) is 38.7 Å². The minimum atomic E-state index is -3.25. The number of pyridine rings is 1. The van der Waals surface area contributed by atoms with Gasteiger partial charge in [-0.1, -0.05) is 23.2 Å². The van der Waals surface area contributed by atoms with Crippen LogP contribution in [-0.4, -0.2) is 49.6 Å². The third-order valence-corrected chi connectivity index (χ3v) is 7.55. The Morgan fingerprint density at radius 2 is 1.81 bits per heavy atom. The Kier molecular flexibility index (Phi) is 9.20. The lowest BCUT2D eigenvalue weighted by Gasteiger charge is -2.29. The monoisotopic (exact) mass is 583 g/mol. The maximum atomic E-state index is 14.6. The van der Waals surface area contributed by atoms with Crippen LogP contribution in [0.2, 0.25) is 10.0 Å². The van der Waals surface area contributed by atoms with Gasteiger partial charge in [0.1, 0.15) is 11.4 Å². The molecule has 204 valence electrons. The molecule has 0 radical (unpaired) electrons. The van der Waals surface area contributed by atoms with Crippen molar-refractivity contribution in [2.45, 2.75) is 45.4 Å². The fourth-order valence-electron chi connectivity index (χ4n) is 3.86. The van der Waals surface area contributed by atoms with Gasteiger partial charge in [0.05, 0.1) is 28.1 Å². The first-order chi connectivity index (χ1) is 17.1. The summed E-state index contributed by atoms with van der Waals surface area (Å²) in [5.74, 6) is -0.867. The molecule has 3 rings (SSSR count). The standard InChI is InChI=1S/C23H26Cl2F3N3O5S/c1-23(2,28)16-11-15(12-29-21(16)36-22(26)27)35-20-17(24)9-14(10-18(20)25)30-19(32)8-13-4-6-31(7-5-13)37(3,33)34/h9-13,22H,4-8H2,1-3H3,(H,30,32). The number of benzene rings is 1. The van der Waals surface area contributed by atoms with Crippen LogP contribution >= 0.6 is 23.2 Å². The normalized spacial score (nSPS) is 15.6. The maximum absolute atomic E-state index is 14.6. The topological polar surface area (TPSA) is 97.8 Å². The van der Waals surface area contributed by atoms with E-state index in [4.69, 9.17) is 27.9 Å². The van der Waals surface area contributed by atoms with Gasteiger partial charge < -0.3 is 14.8 Å². The van der Waals surface area contributed by atoms with Crippen LogP contribution in [0.15, 0.2) is 24.4 Å². The van der Waals surface area contributed by atoms with Gasteiger partial charge in [-0.2, -0.15) is 8.78 Å². The molecule has 0 aliphatic carbocycles. The molecule has 8 nitrogen and oxygen atoms in total. The highest BCUT2D eigenvalue weighted by Crippen LogP contribution is 2.41. The van der Waals surface area contributed by atoms with Gasteiger partial charge in [-0.3, -0.25) is 4.79 Å². The molecule has 37 heavy (non-hydrogen) atoms. The van der Waals surface area contributed by atoms with Crippen molar-refractivity contribution in [2.24, 2.45) is 5.92 Å². The Hall–Kier alpha value is -2.28. The Morgan fingerprint density at radius 3 is 2.32 bits per heavy atom. The summed E-state index contributed by atoms with van der Waals surface area (Å²) in [5.41, 5.74) is -2.02. The number of carbonyl (C=O) groups excluding carboxylic acids is 1. The smallest absolute Gasteiger partial charge is 0.388 e. The molecular weight excluding hydrogens is 558 g/mol. The minimum absolute atomic E-state index is 0.0126. The van der Waals surface area contributed by atoms with Crippen molar-refractivity contribution in [3.8, 4) is 17.4 Å². The van der Waals surface area contributed by atoms with Crippen LogP contribution < -0.4 is 14.8 Å². The second-order valence-corrected chi connectivity index (χ2v) is 11.9. The number of hydrogen-bond donors (Lipinski definition) is 1. The summed E-state index contributed by atoms with van der Waals surface area (Å²) in [6.45, 7) is -0.151. The molecule has 14 heteroatoms. The zero-order valence-electron chi connectivity index (χ0n) is 20.2. The first kappa shape index (κ1) is 29.3. The highest BCUT2D eigenvalue weighted by Gasteiger charge is 2.28. The number of piperidine rings is 1. The fraction of sp³-hybridized carbons (Fsp3) is 0.478. The molecule has 0 bridgehead atoms. The molecule has 1 amide bonds. The number of amides is 1. The lowest BCUT2D eigenvalue weighted by Crippen LogP contribution is -2.38. The van der Waals surface area contributed by atoms with Gasteiger partial charge in [0.2, 0.25) is 21.8 Å². The summed E-state index contributed by atoms with van der Waals surface area (Å²) in [7, 11) is -3.25. The van der Waals surface area contributed by atoms with E-state index in [9.17, 15) is 26.4 Å². The molecule has 1 aromatic heterocycles. The molecule has 0 spiro atoms. The van der Waals surface area contributed by atoms with Crippen LogP contribution in [-0.2, 0) is 20.5 Å². The Bertz CT molecular complexity index is 1230. The minimum Gasteiger partial charge on any atom is -0.453 e. The summed E-state index contributed by atoms with van der Waals surface area (Å²) in [6.07, 6.45) is 3.56. The number of ether oxygens (including phenoxy) is 2. The molecule has 1 aliphatic rings. The van der Waals surface area contributed by atoms with Gasteiger partial charge >= 0.3 is 6.61 Å². The Morgan fingerprint density at radius 1 is 1.22 bits per heavy atom. The number of hydrogen-bond acceptors (Lipinski definition) is 6. The molecule has 0 unspecified atom stereocenters. The predicted molar refractivity (Wildman–Crippen MR) is 134 cm³/mol. The SMILES string of the molecule is CC(C)(F)c1cc(Oc2c(Cl)cc(NC(=O)CC3CCN(S(C)(=O)=O)CC3)cc2Cl)cnc1OC(F)F. The largest absolute Gasteiger partial charge is 0.453 e. The van der Waals surface area contributed by atoms with Gasteiger partial charge in [0.15, 0.2) is 5.75 Å². The number of halogens is 5. The van der Waals surface area contributed by atoms with Crippen LogP contribution in [0.25, 0.3) is 0 Å². The van der Waals surface area contributed by atoms with Crippen LogP contribution in [0.4, 0.5) is 18.9 Å². The number of sulfonamides is 1. The van der Waals surface area contributed by atoms with Crippen LogP contribution in [0, 0.1) is 5.92 Å². The highest BCUT2D eigenvalue weighted by molar-refractivity contribution is 7.88. The predicted octanol–water partition coefficient (Wildman–Crippen LogP) is 5.99. The van der Waals surface area contributed by atoms with Crippen molar-refractivity contribution in [1.29, 1.82) is 0 Å². The van der Waals surface area contributed by atoms with E-state index in [0.717, 1.165) is 32.4 Å². The van der Waals surface area contributed by atoms with Crippen molar-refractivity contribution in [3.05, 3.63) is 40.0 Å². The van der Waals surface area contributed by atoms with E-state index in [-0.39, 0.29) is 45.4 Å². The molecule has 1 aromatic carbocycles. The summed E-state index contributed by atoms with van der Waals surface area (Å²) in [4.78, 5) is 16.3. The van der Waals surface area contributed by atoms with Crippen molar-refractivity contribution in [3.63, 3.8) is 0 Å². The van der Waals surface area contributed by atoms with E-state index in [1.165, 1.54) is 16.4 Å². The lowest BCUT2D eigenvalue weighted by molar-refractivity contribution is -0.117. The second-order valence-electron chi connectivity index (χ2n) is 9.10. The zero-order chi connectivity index (χ0) is 27.5. The third-order valence-electron chi connectivity index (χ3n) is 5.69. The molecule has 1 N–H and O–H groups in total. The number of nitrogens with zero attached hydrogens (tertiary/aromatic N) is 2. The Balaban J connectivity index is 1.68. The van der Waals surface area contributed by atoms with Gasteiger partial charge in [-0.15, -0.1) is 0 Å². The van der Waals surface area contributed by atoms with Gasteiger partial charge in [-0.05, 0) is 50.8 Å². The highest BCUT2D eigenvalue weighted by atomic mass is 35.5. The first-order valence-electron chi connectivity index (χ1n) is 11.2. The summed E-state index contributed by atoms with van der Waals surface area (Å²) >= 11 is 12.6. The molecular formula is C23H26Cl2F3N3O5S. The average Bonchev–Trinajstić information content (AvgIpc) is 2.75. The summed E-state index contributed by atoms with van der Waals surface area (Å²) < 4.78 is 74.5. The van der Waals surface area contributed by atoms with E-state index >= 15 is 0 Å². The van der Waals surface area contributed by atoms with Gasteiger partial charge in [-0.25, -0.2) is 22.1 Å². The summed E-state index contributed by atoms with van der Waals surface area (Å²) in [6, 6.07) is 3.98. The van der Waals surface area contributed by atoms with E-state index < -0.39 is 28.2 Å². The van der Waals surface area contributed by atoms with Crippen molar-refractivity contribution in [2.75, 3.05) is 24.7 Å². The molecule has 1 fully saturated rings. The number of anilines is 1. The number of rotatable bonds is 9. The van der Waals surface area contributed by atoms with Gasteiger partial charge in [0, 0.05) is 25.2 Å². The third kappa shape index (κ3) is 8.10. The van der Waals surface area contributed by atoms with Gasteiger partial charge in [0.25, 0.3) is 0 Å². The van der Waals surface area contributed by atoms with Crippen LogP contribution in [0.3, 0.4) is 0 Å². The van der Waals surface area contributed by atoms with E-state index in [2.05, 4.69) is 15.0 Å². The van der Waals surface area contributed by atoms with E-state index in [1.54, 1.807) is 0 Å². The number of carbonyl (C=O) groups is 1. The molecule has 1 aliphatic heterocycles. The average molecular weight is 584 g/mol.